The quantitative estimate of drug-likeness (QED) is 0.141. The van der Waals surface area contributed by atoms with Crippen molar-refractivity contribution in [3.05, 3.63) is 125 Å². The highest BCUT2D eigenvalue weighted by Gasteiger charge is 2.28. The van der Waals surface area contributed by atoms with Gasteiger partial charge in [-0.25, -0.2) is 9.97 Å². The largest absolute Gasteiger partial charge is 0.359 e. The first-order chi connectivity index (χ1) is 23.8. The van der Waals surface area contributed by atoms with Crippen LogP contribution in [-0.4, -0.2) is 45.6 Å². The van der Waals surface area contributed by atoms with E-state index in [1.54, 1.807) is 13.2 Å². The first kappa shape index (κ1) is 32.5. The molecule has 49 heavy (non-hydrogen) atoms. The van der Waals surface area contributed by atoms with E-state index in [9.17, 15) is 4.79 Å². The van der Waals surface area contributed by atoms with E-state index in [0.717, 1.165) is 82.1 Å². The molecule has 1 aliphatic heterocycles. The maximum absolute atomic E-state index is 12.3. The molecular weight excluding hydrogens is 653 g/mol. The van der Waals surface area contributed by atoms with Crippen molar-refractivity contribution in [1.82, 2.24) is 24.8 Å². The van der Waals surface area contributed by atoms with Crippen molar-refractivity contribution in [3.8, 4) is 22.5 Å². The van der Waals surface area contributed by atoms with Crippen LogP contribution in [0.2, 0.25) is 10.0 Å². The van der Waals surface area contributed by atoms with Gasteiger partial charge in [-0.2, -0.15) is 0 Å². The van der Waals surface area contributed by atoms with Crippen LogP contribution in [0.4, 0.5) is 11.5 Å². The number of imidazole rings is 1. The zero-order valence-electron chi connectivity index (χ0n) is 27.4. The van der Waals surface area contributed by atoms with E-state index in [2.05, 4.69) is 62.9 Å². The van der Waals surface area contributed by atoms with Gasteiger partial charge in [-0.05, 0) is 61.7 Å². The van der Waals surface area contributed by atoms with Crippen LogP contribution in [-0.2, 0) is 4.79 Å². The molecule has 1 atom stereocenters. The van der Waals surface area contributed by atoms with Crippen molar-refractivity contribution in [2.75, 3.05) is 30.4 Å². The summed E-state index contributed by atoms with van der Waals surface area (Å²) in [5.41, 5.74) is 8.06. The number of benzene rings is 3. The third-order valence-electron chi connectivity index (χ3n) is 9.39. The Bertz CT molecular complexity index is 2130. The molecule has 4 heterocycles. The van der Waals surface area contributed by atoms with Crippen LogP contribution in [0.3, 0.4) is 0 Å². The van der Waals surface area contributed by atoms with Crippen molar-refractivity contribution in [2.24, 2.45) is 5.92 Å². The van der Waals surface area contributed by atoms with Crippen molar-refractivity contribution < 1.29 is 4.79 Å². The molecule has 0 radical (unpaired) electrons. The number of halogens is 2. The lowest BCUT2D eigenvalue weighted by Gasteiger charge is -2.33. The monoisotopic (exact) mass is 689 g/mol. The molecule has 1 aliphatic rings. The molecule has 3 aromatic heterocycles. The summed E-state index contributed by atoms with van der Waals surface area (Å²) < 4.78 is 2.21. The second-order valence-electron chi connectivity index (χ2n) is 12.4. The van der Waals surface area contributed by atoms with Gasteiger partial charge in [0, 0.05) is 64.3 Å². The van der Waals surface area contributed by atoms with Crippen LogP contribution in [0.5, 0.6) is 0 Å². The molecular formula is C39H37Cl2N7O. The van der Waals surface area contributed by atoms with Gasteiger partial charge in [0.05, 0.1) is 40.8 Å². The van der Waals surface area contributed by atoms with Crippen LogP contribution < -0.4 is 15.5 Å². The number of piperidine rings is 1. The van der Waals surface area contributed by atoms with Gasteiger partial charge in [-0.3, -0.25) is 4.79 Å². The number of nitrogens with one attached hydrogen (secondary N) is 3. The Morgan fingerprint density at radius 3 is 2.43 bits per heavy atom. The molecule has 6 aromatic rings. The lowest BCUT2D eigenvalue weighted by Crippen LogP contribution is -2.40. The molecule has 248 valence electrons. The summed E-state index contributed by atoms with van der Waals surface area (Å²) in [6.07, 6.45) is 5.24. The first-order valence-corrected chi connectivity index (χ1v) is 17.1. The van der Waals surface area contributed by atoms with Gasteiger partial charge in [-0.1, -0.05) is 78.3 Å². The Labute approximate surface area is 295 Å². The standard InChI is InChI=1S/C39H37Cl2N7O/c1-24(45-32-10-7-19-43-38(32)47-20-17-28(18-21-47)39(49)42-3)35-34(31-16-15-30(41)22-33(31)46-35)37-36(27-8-5-4-6-9-27)44-23-48(37)25(2)26-11-13-29(40)14-12-26/h4-16,19,22-23,25,28,45-46H,1,17-18,20-21H2,2-3H3,(H,42,49). The number of aromatic nitrogens is 4. The minimum Gasteiger partial charge on any atom is -0.359 e. The second kappa shape index (κ2) is 13.8. The van der Waals surface area contributed by atoms with E-state index in [0.29, 0.717) is 15.7 Å². The van der Waals surface area contributed by atoms with Crippen molar-refractivity contribution in [2.45, 2.75) is 25.8 Å². The Hall–Kier alpha value is -5.05. The Morgan fingerprint density at radius 1 is 0.959 bits per heavy atom. The normalized spacial score (nSPS) is 14.2. The van der Waals surface area contributed by atoms with Gasteiger partial charge in [-0.15, -0.1) is 0 Å². The number of rotatable bonds is 9. The Balaban J connectivity index is 1.33. The maximum Gasteiger partial charge on any atom is 0.222 e. The summed E-state index contributed by atoms with van der Waals surface area (Å²) >= 11 is 12.8. The third kappa shape index (κ3) is 6.42. The topological polar surface area (TPSA) is 90.9 Å². The van der Waals surface area contributed by atoms with Crippen molar-refractivity contribution in [1.29, 1.82) is 0 Å². The molecule has 3 aromatic carbocycles. The van der Waals surface area contributed by atoms with Crippen molar-refractivity contribution >= 4 is 57.2 Å². The lowest BCUT2D eigenvalue weighted by molar-refractivity contribution is -0.125. The highest BCUT2D eigenvalue weighted by molar-refractivity contribution is 6.31. The van der Waals surface area contributed by atoms with Crippen LogP contribution in [0.15, 0.2) is 104 Å². The fourth-order valence-corrected chi connectivity index (χ4v) is 7.08. The molecule has 0 saturated carbocycles. The summed E-state index contributed by atoms with van der Waals surface area (Å²) in [6.45, 7) is 8.19. The molecule has 7 rings (SSSR count). The number of aromatic amines is 1. The van der Waals surface area contributed by atoms with Crippen LogP contribution in [0, 0.1) is 5.92 Å². The predicted octanol–water partition coefficient (Wildman–Crippen LogP) is 9.05. The zero-order valence-corrected chi connectivity index (χ0v) is 28.9. The number of pyridine rings is 1. The van der Waals surface area contributed by atoms with E-state index in [-0.39, 0.29) is 17.9 Å². The molecule has 1 saturated heterocycles. The summed E-state index contributed by atoms with van der Waals surface area (Å²) in [4.78, 5) is 27.9. The fraction of sp³-hybridized carbons (Fsp3) is 0.205. The SMILES string of the molecule is C=C(Nc1cccnc1N1CCC(C(=O)NC)CC1)c1[nH]c2cc(Cl)ccc2c1-c1c(-c2ccccc2)ncn1C(C)c1ccc(Cl)cc1. The minimum atomic E-state index is -0.0637. The van der Waals surface area contributed by atoms with E-state index in [1.165, 1.54) is 0 Å². The molecule has 1 amide bonds. The Kier molecular flexibility index (Phi) is 9.17. The van der Waals surface area contributed by atoms with Crippen molar-refractivity contribution in [3.63, 3.8) is 0 Å². The fourth-order valence-electron chi connectivity index (χ4n) is 6.78. The summed E-state index contributed by atoms with van der Waals surface area (Å²) in [5.74, 6) is 0.931. The number of carbonyl (C=O) groups excluding carboxylic acids is 1. The lowest BCUT2D eigenvalue weighted by atomic mass is 9.96. The van der Waals surface area contributed by atoms with Gasteiger partial charge in [0.15, 0.2) is 5.82 Å². The van der Waals surface area contributed by atoms with Gasteiger partial charge in [0.2, 0.25) is 5.91 Å². The first-order valence-electron chi connectivity index (χ1n) is 16.4. The van der Waals surface area contributed by atoms with Crippen LogP contribution in [0.1, 0.15) is 37.1 Å². The number of hydrogen-bond donors (Lipinski definition) is 3. The highest BCUT2D eigenvalue weighted by Crippen LogP contribution is 2.43. The van der Waals surface area contributed by atoms with Gasteiger partial charge in [0.1, 0.15) is 0 Å². The van der Waals surface area contributed by atoms with E-state index in [1.807, 2.05) is 67.0 Å². The number of H-pyrrole nitrogens is 1. The predicted molar refractivity (Wildman–Crippen MR) is 201 cm³/mol. The highest BCUT2D eigenvalue weighted by atomic mass is 35.5. The second-order valence-corrected chi connectivity index (χ2v) is 13.2. The molecule has 0 spiro atoms. The average Bonchev–Trinajstić information content (AvgIpc) is 3.73. The Morgan fingerprint density at radius 2 is 1.69 bits per heavy atom. The van der Waals surface area contributed by atoms with Crippen LogP contribution >= 0.6 is 23.2 Å². The van der Waals surface area contributed by atoms with Crippen LogP contribution in [0.25, 0.3) is 39.1 Å². The molecule has 0 aliphatic carbocycles. The summed E-state index contributed by atoms with van der Waals surface area (Å²) in [7, 11) is 1.70. The molecule has 3 N–H and O–H groups in total. The summed E-state index contributed by atoms with van der Waals surface area (Å²) in [6, 6.07) is 27.9. The van der Waals surface area contributed by atoms with Gasteiger partial charge in [0.25, 0.3) is 0 Å². The number of amides is 1. The van der Waals surface area contributed by atoms with E-state index in [4.69, 9.17) is 33.2 Å². The molecule has 1 fully saturated rings. The third-order valence-corrected chi connectivity index (χ3v) is 9.88. The average molecular weight is 691 g/mol. The molecule has 10 heteroatoms. The number of carbonyl (C=O) groups is 1. The minimum absolute atomic E-state index is 0.0102. The number of fused-ring (bicyclic) bond motifs is 1. The smallest absolute Gasteiger partial charge is 0.222 e. The maximum atomic E-state index is 12.3. The molecule has 1 unspecified atom stereocenters. The zero-order chi connectivity index (χ0) is 34.1. The number of nitrogens with zero attached hydrogens (tertiary/aromatic N) is 4. The number of anilines is 2. The molecule has 8 nitrogen and oxygen atoms in total. The number of hydrogen-bond acceptors (Lipinski definition) is 5. The molecule has 0 bridgehead atoms. The van der Waals surface area contributed by atoms with Gasteiger partial charge < -0.3 is 25.1 Å². The van der Waals surface area contributed by atoms with Gasteiger partial charge >= 0.3 is 0 Å². The van der Waals surface area contributed by atoms with E-state index >= 15 is 0 Å². The summed E-state index contributed by atoms with van der Waals surface area (Å²) in [5, 5.41) is 8.71. The van der Waals surface area contributed by atoms with E-state index < -0.39 is 0 Å².